The average molecular weight is 266 g/mol. The Kier molecular flexibility index (Phi) is 4.34. The molecule has 1 heterocycles. The summed E-state index contributed by atoms with van der Waals surface area (Å²) in [5, 5.41) is 2.92. The van der Waals surface area contributed by atoms with Gasteiger partial charge in [0.1, 0.15) is 5.82 Å². The zero-order valence-corrected chi connectivity index (χ0v) is 10.9. The Morgan fingerprint density at radius 1 is 1.53 bits per heavy atom. The first-order chi connectivity index (χ1) is 9.11. The SMILES string of the molecule is CN1CCCC(NC(=O)c2cccc(F)c2NN)C1. The van der Waals surface area contributed by atoms with E-state index >= 15 is 0 Å². The van der Waals surface area contributed by atoms with Gasteiger partial charge in [-0.2, -0.15) is 0 Å². The third kappa shape index (κ3) is 3.21. The van der Waals surface area contributed by atoms with E-state index in [1.165, 1.54) is 12.1 Å². The Morgan fingerprint density at radius 2 is 2.32 bits per heavy atom. The number of halogens is 1. The van der Waals surface area contributed by atoms with Crippen molar-refractivity contribution in [1.29, 1.82) is 0 Å². The van der Waals surface area contributed by atoms with Gasteiger partial charge >= 0.3 is 0 Å². The fourth-order valence-electron chi connectivity index (χ4n) is 2.41. The van der Waals surface area contributed by atoms with Crippen molar-refractivity contribution in [2.75, 3.05) is 25.6 Å². The first-order valence-corrected chi connectivity index (χ1v) is 6.36. The van der Waals surface area contributed by atoms with Gasteiger partial charge in [0, 0.05) is 12.6 Å². The second-order valence-corrected chi connectivity index (χ2v) is 4.88. The topological polar surface area (TPSA) is 70.4 Å². The first kappa shape index (κ1) is 13.8. The number of anilines is 1. The highest BCUT2D eigenvalue weighted by Crippen LogP contribution is 2.19. The Balaban J connectivity index is 2.09. The van der Waals surface area contributed by atoms with Gasteiger partial charge in [-0.3, -0.25) is 10.6 Å². The quantitative estimate of drug-likeness (QED) is 0.562. The fraction of sp³-hybridized carbons (Fsp3) is 0.462. The molecule has 0 aliphatic carbocycles. The predicted molar refractivity (Wildman–Crippen MR) is 72.2 cm³/mol. The van der Waals surface area contributed by atoms with Gasteiger partial charge in [0.15, 0.2) is 0 Å². The number of piperidine rings is 1. The molecule has 5 nitrogen and oxygen atoms in total. The molecule has 1 amide bonds. The van der Waals surface area contributed by atoms with Gasteiger partial charge in [-0.05, 0) is 38.6 Å². The highest BCUT2D eigenvalue weighted by molar-refractivity contribution is 5.99. The van der Waals surface area contributed by atoms with Crippen LogP contribution in [0.3, 0.4) is 0 Å². The molecule has 1 aliphatic heterocycles. The van der Waals surface area contributed by atoms with Gasteiger partial charge in [0.05, 0.1) is 11.3 Å². The molecule has 1 aromatic carbocycles. The summed E-state index contributed by atoms with van der Waals surface area (Å²) in [6, 6.07) is 4.42. The van der Waals surface area contributed by atoms with Crippen LogP contribution in [0, 0.1) is 5.82 Å². The second kappa shape index (κ2) is 5.99. The van der Waals surface area contributed by atoms with Gasteiger partial charge in [0.25, 0.3) is 5.91 Å². The van der Waals surface area contributed by atoms with E-state index in [2.05, 4.69) is 15.6 Å². The van der Waals surface area contributed by atoms with E-state index in [0.29, 0.717) is 0 Å². The van der Waals surface area contributed by atoms with Crippen molar-refractivity contribution in [2.45, 2.75) is 18.9 Å². The van der Waals surface area contributed by atoms with E-state index in [-0.39, 0.29) is 23.2 Å². The minimum absolute atomic E-state index is 0.0316. The molecule has 1 atom stereocenters. The van der Waals surface area contributed by atoms with Gasteiger partial charge in [-0.1, -0.05) is 6.07 Å². The minimum Gasteiger partial charge on any atom is -0.348 e. The molecule has 0 saturated carbocycles. The van der Waals surface area contributed by atoms with Gasteiger partial charge in [0.2, 0.25) is 0 Å². The number of hydrogen-bond acceptors (Lipinski definition) is 4. The predicted octanol–water partition coefficient (Wildman–Crippen LogP) is 0.935. The summed E-state index contributed by atoms with van der Waals surface area (Å²) < 4.78 is 13.5. The van der Waals surface area contributed by atoms with Crippen LogP contribution in [0.1, 0.15) is 23.2 Å². The highest BCUT2D eigenvalue weighted by Gasteiger charge is 2.21. The Labute approximate surface area is 111 Å². The molecule has 0 aromatic heterocycles. The van der Waals surface area contributed by atoms with Crippen molar-refractivity contribution in [3.8, 4) is 0 Å². The molecule has 1 aliphatic rings. The van der Waals surface area contributed by atoms with Crippen LogP contribution in [0.4, 0.5) is 10.1 Å². The number of benzene rings is 1. The lowest BCUT2D eigenvalue weighted by Crippen LogP contribution is -2.46. The molecule has 1 saturated heterocycles. The average Bonchev–Trinajstić information content (AvgIpc) is 2.38. The van der Waals surface area contributed by atoms with Crippen LogP contribution in [0.2, 0.25) is 0 Å². The maximum atomic E-state index is 13.5. The molecule has 1 aromatic rings. The molecule has 104 valence electrons. The number of likely N-dealkylation sites (tertiary alicyclic amines) is 1. The van der Waals surface area contributed by atoms with Crippen LogP contribution in [-0.2, 0) is 0 Å². The summed E-state index contributed by atoms with van der Waals surface area (Å²) in [6.07, 6.45) is 1.99. The first-order valence-electron chi connectivity index (χ1n) is 6.36. The normalized spacial score (nSPS) is 20.1. The Bertz CT molecular complexity index is 466. The van der Waals surface area contributed by atoms with Crippen LogP contribution in [0.15, 0.2) is 18.2 Å². The van der Waals surface area contributed by atoms with E-state index in [4.69, 9.17) is 5.84 Å². The Morgan fingerprint density at radius 3 is 3.00 bits per heavy atom. The smallest absolute Gasteiger partial charge is 0.253 e. The monoisotopic (exact) mass is 266 g/mol. The van der Waals surface area contributed by atoms with Crippen molar-refractivity contribution in [1.82, 2.24) is 10.2 Å². The number of nitrogens with two attached hydrogens (primary N) is 1. The zero-order valence-electron chi connectivity index (χ0n) is 10.9. The van der Waals surface area contributed by atoms with Crippen molar-refractivity contribution in [3.63, 3.8) is 0 Å². The van der Waals surface area contributed by atoms with Crippen LogP contribution in [0.25, 0.3) is 0 Å². The van der Waals surface area contributed by atoms with Crippen LogP contribution in [-0.4, -0.2) is 37.0 Å². The maximum Gasteiger partial charge on any atom is 0.253 e. The number of carbonyl (C=O) groups excluding carboxylic acids is 1. The van der Waals surface area contributed by atoms with E-state index in [0.717, 1.165) is 25.9 Å². The van der Waals surface area contributed by atoms with Crippen LogP contribution in [0.5, 0.6) is 0 Å². The molecular weight excluding hydrogens is 247 g/mol. The number of rotatable bonds is 3. The molecule has 0 bridgehead atoms. The fourth-order valence-corrected chi connectivity index (χ4v) is 2.41. The van der Waals surface area contributed by atoms with E-state index < -0.39 is 5.82 Å². The number of nitrogen functional groups attached to an aromatic ring is 1. The van der Waals surface area contributed by atoms with E-state index in [1.807, 2.05) is 7.05 Å². The van der Waals surface area contributed by atoms with Crippen molar-refractivity contribution >= 4 is 11.6 Å². The lowest BCUT2D eigenvalue weighted by molar-refractivity contribution is 0.0913. The summed E-state index contributed by atoms with van der Waals surface area (Å²) in [6.45, 7) is 1.86. The second-order valence-electron chi connectivity index (χ2n) is 4.88. The molecule has 19 heavy (non-hydrogen) atoms. The lowest BCUT2D eigenvalue weighted by Gasteiger charge is -2.30. The molecule has 1 fully saturated rings. The molecule has 6 heteroatoms. The van der Waals surface area contributed by atoms with Crippen molar-refractivity contribution in [2.24, 2.45) is 5.84 Å². The summed E-state index contributed by atoms with van der Waals surface area (Å²) >= 11 is 0. The third-order valence-corrected chi connectivity index (χ3v) is 3.36. The molecule has 2 rings (SSSR count). The maximum absolute atomic E-state index is 13.5. The number of hydrazine groups is 1. The number of amides is 1. The summed E-state index contributed by atoms with van der Waals surface area (Å²) in [7, 11) is 2.02. The standard InChI is InChI=1S/C13H19FN4O/c1-18-7-3-4-9(8-18)16-13(19)10-5-2-6-11(14)12(10)17-15/h2,5-6,9,17H,3-4,7-8,15H2,1H3,(H,16,19). The highest BCUT2D eigenvalue weighted by atomic mass is 19.1. The van der Waals surface area contributed by atoms with Crippen molar-refractivity contribution < 1.29 is 9.18 Å². The number of para-hydroxylation sites is 1. The number of hydrogen-bond donors (Lipinski definition) is 3. The van der Waals surface area contributed by atoms with E-state index in [9.17, 15) is 9.18 Å². The van der Waals surface area contributed by atoms with Gasteiger partial charge in [-0.15, -0.1) is 0 Å². The molecule has 0 radical (unpaired) electrons. The lowest BCUT2D eigenvalue weighted by atomic mass is 10.1. The zero-order chi connectivity index (χ0) is 13.8. The summed E-state index contributed by atoms with van der Waals surface area (Å²) in [4.78, 5) is 14.3. The minimum atomic E-state index is -0.532. The van der Waals surface area contributed by atoms with Gasteiger partial charge < -0.3 is 15.6 Å². The third-order valence-electron chi connectivity index (χ3n) is 3.36. The Hall–Kier alpha value is -1.66. The molecule has 0 spiro atoms. The van der Waals surface area contributed by atoms with Gasteiger partial charge in [-0.25, -0.2) is 4.39 Å². The summed E-state index contributed by atoms with van der Waals surface area (Å²) in [5.41, 5.74) is 2.51. The number of likely N-dealkylation sites (N-methyl/N-ethyl adjacent to an activating group) is 1. The number of carbonyl (C=O) groups is 1. The van der Waals surface area contributed by atoms with Crippen molar-refractivity contribution in [3.05, 3.63) is 29.6 Å². The molecular formula is C13H19FN4O. The largest absolute Gasteiger partial charge is 0.348 e. The van der Waals surface area contributed by atoms with E-state index in [1.54, 1.807) is 6.07 Å². The molecule has 1 unspecified atom stereocenters. The number of nitrogens with one attached hydrogen (secondary N) is 2. The van der Waals surface area contributed by atoms with Crippen LogP contribution < -0.4 is 16.6 Å². The number of nitrogens with zero attached hydrogens (tertiary/aromatic N) is 1. The van der Waals surface area contributed by atoms with Crippen LogP contribution >= 0.6 is 0 Å². The molecule has 4 N–H and O–H groups in total. The summed E-state index contributed by atoms with van der Waals surface area (Å²) in [5.74, 6) is 4.44.